The zero-order chi connectivity index (χ0) is 14.0. The molecule has 104 valence electrons. The number of H-pyrrole nitrogens is 1. The number of fused-ring (bicyclic) bond motifs is 1. The van der Waals surface area contributed by atoms with Crippen LogP contribution in [0, 0.1) is 4.77 Å². The Morgan fingerprint density at radius 3 is 2.89 bits per heavy atom. The molecule has 0 saturated carbocycles. The van der Waals surface area contributed by atoms with Crippen LogP contribution in [0.5, 0.6) is 0 Å². The molecule has 7 heteroatoms. The fourth-order valence-corrected chi connectivity index (χ4v) is 2.26. The highest BCUT2D eigenvalue weighted by Crippen LogP contribution is 2.11. The van der Waals surface area contributed by atoms with E-state index in [1.165, 1.54) is 4.57 Å². The van der Waals surface area contributed by atoms with Crippen LogP contribution in [-0.2, 0) is 18.0 Å². The van der Waals surface area contributed by atoms with E-state index >= 15 is 0 Å². The molecule has 2 N–H and O–H groups in total. The standard InChI is InChI=1S/C12H17N3O3S/c1-8(2)18-6-5-15-9-3-4-14(7-16)10(9)11(17)13-12(15)19/h3-4,8,16H,5-7H2,1-2H3,(H,13,17,19). The maximum Gasteiger partial charge on any atom is 0.276 e. The highest BCUT2D eigenvalue weighted by molar-refractivity contribution is 7.71. The number of nitrogens with zero attached hydrogens (tertiary/aromatic N) is 2. The van der Waals surface area contributed by atoms with E-state index in [2.05, 4.69) is 4.98 Å². The Hall–Kier alpha value is -1.44. The summed E-state index contributed by atoms with van der Waals surface area (Å²) in [6.45, 7) is 4.75. The lowest BCUT2D eigenvalue weighted by Gasteiger charge is -2.11. The lowest BCUT2D eigenvalue weighted by Crippen LogP contribution is -2.19. The summed E-state index contributed by atoms with van der Waals surface area (Å²) in [5.41, 5.74) is 0.830. The largest absolute Gasteiger partial charge is 0.377 e. The topological polar surface area (TPSA) is 72.2 Å². The molecule has 2 aromatic rings. The Morgan fingerprint density at radius 2 is 2.26 bits per heavy atom. The van der Waals surface area contributed by atoms with Gasteiger partial charge in [0, 0.05) is 12.7 Å². The van der Waals surface area contributed by atoms with Crippen LogP contribution >= 0.6 is 12.2 Å². The Balaban J connectivity index is 2.46. The van der Waals surface area contributed by atoms with Gasteiger partial charge in [-0.2, -0.15) is 0 Å². The highest BCUT2D eigenvalue weighted by atomic mass is 32.1. The minimum Gasteiger partial charge on any atom is -0.377 e. The summed E-state index contributed by atoms with van der Waals surface area (Å²) in [5.74, 6) is 0. The van der Waals surface area contributed by atoms with Crippen LogP contribution in [0.3, 0.4) is 0 Å². The number of rotatable bonds is 5. The summed E-state index contributed by atoms with van der Waals surface area (Å²) in [7, 11) is 0. The molecule has 2 heterocycles. The zero-order valence-corrected chi connectivity index (χ0v) is 11.7. The van der Waals surface area contributed by atoms with Gasteiger partial charge in [0.15, 0.2) is 4.77 Å². The molecule has 6 nitrogen and oxygen atoms in total. The molecule has 0 amide bonds. The van der Waals surface area contributed by atoms with Crippen LogP contribution < -0.4 is 5.56 Å². The van der Waals surface area contributed by atoms with E-state index in [-0.39, 0.29) is 18.4 Å². The van der Waals surface area contributed by atoms with Gasteiger partial charge in [-0.1, -0.05) is 0 Å². The fraction of sp³-hybridized carbons (Fsp3) is 0.500. The Kier molecular flexibility index (Phi) is 4.18. The number of nitrogens with one attached hydrogen (secondary N) is 1. The second-order valence-corrected chi connectivity index (χ2v) is 4.88. The van der Waals surface area contributed by atoms with Crippen molar-refractivity contribution in [1.29, 1.82) is 0 Å². The molecule has 0 aliphatic carbocycles. The van der Waals surface area contributed by atoms with Crippen molar-refractivity contribution in [1.82, 2.24) is 14.1 Å². The van der Waals surface area contributed by atoms with Gasteiger partial charge >= 0.3 is 0 Å². The molecule has 0 atom stereocenters. The molecule has 0 unspecified atom stereocenters. The third-order valence-corrected chi connectivity index (χ3v) is 3.15. The maximum absolute atomic E-state index is 11.9. The fourth-order valence-electron chi connectivity index (χ4n) is 1.98. The van der Waals surface area contributed by atoms with E-state index in [4.69, 9.17) is 17.0 Å². The predicted octanol–water partition coefficient (Wildman–Crippen LogP) is 1.24. The van der Waals surface area contributed by atoms with Gasteiger partial charge in [0.1, 0.15) is 12.2 Å². The van der Waals surface area contributed by atoms with Gasteiger partial charge in [0.2, 0.25) is 0 Å². The van der Waals surface area contributed by atoms with E-state index < -0.39 is 0 Å². The van der Waals surface area contributed by atoms with Crippen molar-refractivity contribution >= 4 is 23.3 Å². The van der Waals surface area contributed by atoms with Gasteiger partial charge < -0.3 is 19.0 Å². The van der Waals surface area contributed by atoms with Gasteiger partial charge in [-0.25, -0.2) is 0 Å². The first-order valence-electron chi connectivity index (χ1n) is 6.09. The van der Waals surface area contributed by atoms with Gasteiger partial charge in [0.05, 0.1) is 18.2 Å². The summed E-state index contributed by atoms with van der Waals surface area (Å²) in [5, 5.41) is 9.21. The molecule has 0 radical (unpaired) electrons. The van der Waals surface area contributed by atoms with Crippen molar-refractivity contribution in [2.45, 2.75) is 33.2 Å². The van der Waals surface area contributed by atoms with E-state index in [1.807, 2.05) is 13.8 Å². The molecule has 19 heavy (non-hydrogen) atoms. The number of ether oxygens (including phenoxy) is 1. The van der Waals surface area contributed by atoms with E-state index in [9.17, 15) is 9.90 Å². The Morgan fingerprint density at radius 1 is 1.53 bits per heavy atom. The summed E-state index contributed by atoms with van der Waals surface area (Å²) >= 11 is 5.17. The van der Waals surface area contributed by atoms with Crippen molar-refractivity contribution in [3.63, 3.8) is 0 Å². The SMILES string of the molecule is CC(C)OCCn1c(=S)[nH]c(=O)c2c1ccn2CO. The van der Waals surface area contributed by atoms with Crippen molar-refractivity contribution in [2.75, 3.05) is 6.61 Å². The minimum atomic E-state index is -0.292. The van der Waals surface area contributed by atoms with Crippen molar-refractivity contribution in [3.05, 3.63) is 27.4 Å². The molecule has 0 aromatic carbocycles. The molecule has 0 bridgehead atoms. The third kappa shape index (κ3) is 2.78. The van der Waals surface area contributed by atoms with Crippen LogP contribution in [-0.4, -0.2) is 31.9 Å². The Bertz CT molecular complexity index is 684. The molecule has 2 aromatic heterocycles. The van der Waals surface area contributed by atoms with E-state index in [0.717, 1.165) is 0 Å². The van der Waals surface area contributed by atoms with Crippen molar-refractivity contribution in [2.24, 2.45) is 0 Å². The molecule has 2 rings (SSSR count). The lowest BCUT2D eigenvalue weighted by atomic mass is 10.4. The average Bonchev–Trinajstić information content (AvgIpc) is 2.77. The smallest absolute Gasteiger partial charge is 0.276 e. The molecule has 0 aliphatic rings. The molecule has 0 fully saturated rings. The molecular weight excluding hydrogens is 266 g/mol. The second kappa shape index (κ2) is 5.68. The predicted molar refractivity (Wildman–Crippen MR) is 74.7 cm³/mol. The number of aliphatic hydroxyl groups is 1. The first kappa shape index (κ1) is 14.0. The number of hydrogen-bond acceptors (Lipinski definition) is 4. The van der Waals surface area contributed by atoms with Gasteiger partial charge in [-0.05, 0) is 32.1 Å². The molecular formula is C12H17N3O3S. The van der Waals surface area contributed by atoms with Crippen molar-refractivity contribution < 1.29 is 9.84 Å². The number of aromatic amines is 1. The third-order valence-electron chi connectivity index (χ3n) is 2.83. The van der Waals surface area contributed by atoms with Crippen LogP contribution in [0.1, 0.15) is 13.8 Å². The Labute approximate surface area is 115 Å². The van der Waals surface area contributed by atoms with Gasteiger partial charge in [-0.3, -0.25) is 9.78 Å². The summed E-state index contributed by atoms with van der Waals surface area (Å²) in [6.07, 6.45) is 1.81. The first-order chi connectivity index (χ1) is 9.04. The van der Waals surface area contributed by atoms with Crippen LogP contribution in [0.15, 0.2) is 17.1 Å². The summed E-state index contributed by atoms with van der Waals surface area (Å²) in [4.78, 5) is 14.5. The van der Waals surface area contributed by atoms with E-state index in [1.54, 1.807) is 16.8 Å². The maximum atomic E-state index is 11.9. The highest BCUT2D eigenvalue weighted by Gasteiger charge is 2.10. The number of aliphatic hydroxyl groups excluding tert-OH is 1. The van der Waals surface area contributed by atoms with Crippen LogP contribution in [0.2, 0.25) is 0 Å². The van der Waals surface area contributed by atoms with Gasteiger partial charge in [-0.15, -0.1) is 0 Å². The average molecular weight is 283 g/mol. The zero-order valence-electron chi connectivity index (χ0n) is 10.9. The number of hydrogen-bond donors (Lipinski definition) is 2. The molecule has 0 aliphatic heterocycles. The minimum absolute atomic E-state index is 0.148. The summed E-state index contributed by atoms with van der Waals surface area (Å²) < 4.78 is 9.14. The second-order valence-electron chi connectivity index (χ2n) is 4.49. The van der Waals surface area contributed by atoms with Crippen molar-refractivity contribution in [3.8, 4) is 0 Å². The quantitative estimate of drug-likeness (QED) is 0.810. The first-order valence-corrected chi connectivity index (χ1v) is 6.50. The summed E-state index contributed by atoms with van der Waals surface area (Å²) in [6, 6.07) is 1.77. The van der Waals surface area contributed by atoms with E-state index in [0.29, 0.717) is 29.0 Å². The molecule has 0 spiro atoms. The molecule has 0 saturated heterocycles. The van der Waals surface area contributed by atoms with Crippen LogP contribution in [0.4, 0.5) is 0 Å². The number of aromatic nitrogens is 3. The lowest BCUT2D eigenvalue weighted by molar-refractivity contribution is 0.0729. The monoisotopic (exact) mass is 283 g/mol. The van der Waals surface area contributed by atoms with Crippen LogP contribution in [0.25, 0.3) is 11.0 Å². The normalized spacial score (nSPS) is 11.6. The van der Waals surface area contributed by atoms with Gasteiger partial charge in [0.25, 0.3) is 5.56 Å².